The van der Waals surface area contributed by atoms with E-state index in [0.29, 0.717) is 17.6 Å². The Kier molecular flexibility index (Phi) is 7.89. The number of hydrogen-bond donors (Lipinski definition) is 3. The standard InChI is InChI=1S/C32H37F3N4O2/c1-30(2,27-17-23(9-10-29(27)40)22-7-5-4-6-8-22)21-31(41,32(33,34)35)18-25-15-24-16-26(36-19-28(24)37-25)20-39-13-11-38(3)12-14-39/h4-10,15-17,19,37,40-41H,11-14,18,20-21H2,1-3H3. The molecule has 1 saturated heterocycles. The first-order valence-corrected chi connectivity index (χ1v) is 13.9. The zero-order valence-electron chi connectivity index (χ0n) is 23.7. The molecular weight excluding hydrogens is 529 g/mol. The van der Waals surface area contributed by atoms with Crippen LogP contribution in [0.5, 0.6) is 5.75 Å². The van der Waals surface area contributed by atoms with E-state index < -0.39 is 30.0 Å². The Morgan fingerprint density at radius 1 is 0.927 bits per heavy atom. The Morgan fingerprint density at radius 2 is 1.63 bits per heavy atom. The number of nitrogens with one attached hydrogen (secondary N) is 1. The summed E-state index contributed by atoms with van der Waals surface area (Å²) in [7, 11) is 2.09. The number of likely N-dealkylation sites (N-methyl/N-ethyl adjacent to an activating group) is 1. The monoisotopic (exact) mass is 566 g/mol. The summed E-state index contributed by atoms with van der Waals surface area (Å²) >= 11 is 0. The summed E-state index contributed by atoms with van der Waals surface area (Å²) < 4.78 is 43.6. The molecule has 1 fully saturated rings. The van der Waals surface area contributed by atoms with Crippen LogP contribution in [-0.4, -0.2) is 75.0 Å². The van der Waals surface area contributed by atoms with Crippen molar-refractivity contribution in [2.75, 3.05) is 33.2 Å². The number of pyridine rings is 1. The largest absolute Gasteiger partial charge is 0.508 e. The first-order valence-electron chi connectivity index (χ1n) is 13.9. The van der Waals surface area contributed by atoms with E-state index in [9.17, 15) is 23.4 Å². The van der Waals surface area contributed by atoms with Gasteiger partial charge in [-0.25, -0.2) is 0 Å². The fourth-order valence-corrected chi connectivity index (χ4v) is 5.85. The summed E-state index contributed by atoms with van der Waals surface area (Å²) in [5.74, 6) is -0.108. The predicted octanol–water partition coefficient (Wildman–Crippen LogP) is 5.89. The van der Waals surface area contributed by atoms with Crippen LogP contribution in [0.15, 0.2) is 66.9 Å². The third-order valence-electron chi connectivity index (χ3n) is 8.18. The third kappa shape index (κ3) is 6.42. The van der Waals surface area contributed by atoms with Crippen molar-refractivity contribution < 1.29 is 23.4 Å². The summed E-state index contributed by atoms with van der Waals surface area (Å²) in [5, 5.41) is 22.7. The van der Waals surface area contributed by atoms with Gasteiger partial charge in [0.25, 0.3) is 0 Å². The van der Waals surface area contributed by atoms with Crippen molar-refractivity contribution in [3.05, 3.63) is 83.8 Å². The number of nitrogens with zero attached hydrogens (tertiary/aromatic N) is 3. The summed E-state index contributed by atoms with van der Waals surface area (Å²) in [6, 6.07) is 17.9. The minimum atomic E-state index is -4.90. The Morgan fingerprint density at radius 3 is 2.32 bits per heavy atom. The van der Waals surface area contributed by atoms with Crippen LogP contribution in [0.1, 0.15) is 37.2 Å². The first kappa shape index (κ1) is 29.1. The van der Waals surface area contributed by atoms with Crippen molar-refractivity contribution in [3.8, 4) is 16.9 Å². The van der Waals surface area contributed by atoms with E-state index in [1.54, 1.807) is 38.2 Å². The van der Waals surface area contributed by atoms with E-state index in [1.807, 2.05) is 36.4 Å². The molecule has 0 radical (unpaired) electrons. The quantitative estimate of drug-likeness (QED) is 0.248. The fraction of sp³-hybridized carbons (Fsp3) is 0.406. The van der Waals surface area contributed by atoms with Crippen LogP contribution >= 0.6 is 0 Å². The number of alkyl halides is 3. The maximum absolute atomic E-state index is 14.5. The number of benzene rings is 2. The summed E-state index contributed by atoms with van der Waals surface area (Å²) in [4.78, 5) is 12.1. The van der Waals surface area contributed by atoms with E-state index in [4.69, 9.17) is 0 Å². The number of piperazine rings is 1. The second-order valence-electron chi connectivity index (χ2n) is 12.0. The number of fused-ring (bicyclic) bond motifs is 1. The Hall–Kier alpha value is -3.40. The molecule has 2 aromatic heterocycles. The van der Waals surface area contributed by atoms with Gasteiger partial charge in [0.15, 0.2) is 5.60 Å². The summed E-state index contributed by atoms with van der Waals surface area (Å²) in [6.07, 6.45) is -4.55. The zero-order valence-corrected chi connectivity index (χ0v) is 23.7. The predicted molar refractivity (Wildman–Crippen MR) is 155 cm³/mol. The van der Waals surface area contributed by atoms with Gasteiger partial charge in [0, 0.05) is 55.8 Å². The molecule has 0 aliphatic carbocycles. The second-order valence-corrected chi connectivity index (χ2v) is 12.0. The molecule has 41 heavy (non-hydrogen) atoms. The number of halogens is 3. The van der Waals surface area contributed by atoms with Gasteiger partial charge in [0.1, 0.15) is 5.75 Å². The lowest BCUT2D eigenvalue weighted by Crippen LogP contribution is -2.50. The number of phenols is 1. The van der Waals surface area contributed by atoms with Gasteiger partial charge in [-0.2, -0.15) is 13.2 Å². The number of rotatable bonds is 8. The normalized spacial score (nSPS) is 17.1. The highest BCUT2D eigenvalue weighted by molar-refractivity contribution is 5.80. The number of aromatic amines is 1. The van der Waals surface area contributed by atoms with Crippen LogP contribution in [0.2, 0.25) is 0 Å². The van der Waals surface area contributed by atoms with Crippen LogP contribution < -0.4 is 0 Å². The molecule has 1 atom stereocenters. The van der Waals surface area contributed by atoms with Gasteiger partial charge in [0.05, 0.1) is 17.4 Å². The van der Waals surface area contributed by atoms with Crippen molar-refractivity contribution in [1.82, 2.24) is 19.8 Å². The molecule has 3 heterocycles. The second kappa shape index (κ2) is 11.1. The average molecular weight is 567 g/mol. The highest BCUT2D eigenvalue weighted by atomic mass is 19.4. The summed E-state index contributed by atoms with van der Waals surface area (Å²) in [6.45, 7) is 7.76. The van der Waals surface area contributed by atoms with Crippen LogP contribution in [0, 0.1) is 0 Å². The number of aromatic nitrogens is 2. The highest BCUT2D eigenvalue weighted by Crippen LogP contribution is 2.45. The molecule has 5 rings (SSSR count). The Labute approximate surface area is 238 Å². The van der Waals surface area contributed by atoms with E-state index in [0.717, 1.165) is 48.4 Å². The van der Waals surface area contributed by atoms with E-state index >= 15 is 0 Å². The highest BCUT2D eigenvalue weighted by Gasteiger charge is 2.56. The lowest BCUT2D eigenvalue weighted by atomic mass is 9.72. The fourth-order valence-electron chi connectivity index (χ4n) is 5.85. The van der Waals surface area contributed by atoms with Crippen molar-refractivity contribution in [2.24, 2.45) is 0 Å². The smallest absolute Gasteiger partial charge is 0.417 e. The molecule has 1 unspecified atom stereocenters. The molecule has 4 aromatic rings. The molecule has 1 aliphatic heterocycles. The van der Waals surface area contributed by atoms with Crippen molar-refractivity contribution in [2.45, 2.75) is 50.4 Å². The molecule has 0 saturated carbocycles. The van der Waals surface area contributed by atoms with Gasteiger partial charge >= 0.3 is 6.18 Å². The number of hydrogen-bond acceptors (Lipinski definition) is 5. The molecule has 0 bridgehead atoms. The molecular formula is C32H37F3N4O2. The third-order valence-corrected chi connectivity index (χ3v) is 8.18. The van der Waals surface area contributed by atoms with E-state index in [-0.39, 0.29) is 11.4 Å². The van der Waals surface area contributed by atoms with Crippen LogP contribution in [0.25, 0.3) is 22.0 Å². The van der Waals surface area contributed by atoms with Crippen LogP contribution in [0.4, 0.5) is 13.2 Å². The number of H-pyrrole nitrogens is 1. The molecule has 3 N–H and O–H groups in total. The number of aliphatic hydroxyl groups is 1. The van der Waals surface area contributed by atoms with Gasteiger partial charge in [0.2, 0.25) is 0 Å². The van der Waals surface area contributed by atoms with Gasteiger partial charge in [-0.1, -0.05) is 50.2 Å². The van der Waals surface area contributed by atoms with Gasteiger partial charge in [-0.15, -0.1) is 0 Å². The van der Waals surface area contributed by atoms with Crippen LogP contribution in [0.3, 0.4) is 0 Å². The SMILES string of the molecule is CN1CCN(Cc2cc3cc(CC(O)(CC(C)(C)c4cc(-c5ccccc5)ccc4O)C(F)(F)F)[nH]c3cn2)CC1. The number of aromatic hydroxyl groups is 1. The van der Waals surface area contributed by atoms with Gasteiger partial charge in [-0.05, 0) is 54.3 Å². The first-order chi connectivity index (χ1) is 19.3. The Bertz CT molecular complexity index is 1490. The molecule has 0 amide bonds. The van der Waals surface area contributed by atoms with Crippen molar-refractivity contribution in [3.63, 3.8) is 0 Å². The van der Waals surface area contributed by atoms with E-state index in [2.05, 4.69) is 26.8 Å². The van der Waals surface area contributed by atoms with Crippen molar-refractivity contribution >= 4 is 10.9 Å². The maximum Gasteiger partial charge on any atom is 0.417 e. The van der Waals surface area contributed by atoms with Gasteiger partial charge in [-0.3, -0.25) is 9.88 Å². The molecule has 0 spiro atoms. The maximum atomic E-state index is 14.5. The minimum absolute atomic E-state index is 0.108. The molecule has 2 aromatic carbocycles. The minimum Gasteiger partial charge on any atom is -0.508 e. The lowest BCUT2D eigenvalue weighted by molar-refractivity contribution is -0.266. The molecule has 1 aliphatic rings. The van der Waals surface area contributed by atoms with Gasteiger partial charge < -0.3 is 20.1 Å². The zero-order chi connectivity index (χ0) is 29.4. The number of phenolic OH excluding ortho intramolecular Hbond substituents is 1. The molecule has 9 heteroatoms. The topological polar surface area (TPSA) is 75.6 Å². The summed E-state index contributed by atoms with van der Waals surface area (Å²) in [5.41, 5.74) is -0.489. The van der Waals surface area contributed by atoms with Crippen LogP contribution in [-0.2, 0) is 18.4 Å². The molecule has 6 nitrogen and oxygen atoms in total. The van der Waals surface area contributed by atoms with Crippen molar-refractivity contribution in [1.29, 1.82) is 0 Å². The lowest BCUT2D eigenvalue weighted by Gasteiger charge is -2.38. The Balaban J connectivity index is 1.39. The molecule has 218 valence electrons. The van der Waals surface area contributed by atoms with E-state index in [1.165, 1.54) is 6.07 Å². The average Bonchev–Trinajstić information content (AvgIpc) is 3.31.